The molecule has 134 valence electrons. The van der Waals surface area contributed by atoms with Crippen molar-refractivity contribution in [1.82, 2.24) is 10.1 Å². The van der Waals surface area contributed by atoms with Crippen molar-refractivity contribution in [3.05, 3.63) is 36.0 Å². The predicted octanol–water partition coefficient (Wildman–Crippen LogP) is 2.80. The van der Waals surface area contributed by atoms with E-state index >= 15 is 0 Å². The van der Waals surface area contributed by atoms with Crippen molar-refractivity contribution < 1.29 is 14.1 Å². The molecule has 7 nitrogen and oxygen atoms in total. The third-order valence-electron chi connectivity index (χ3n) is 4.62. The number of amides is 1. The van der Waals surface area contributed by atoms with Crippen molar-refractivity contribution in [2.75, 3.05) is 5.32 Å². The van der Waals surface area contributed by atoms with Crippen LogP contribution in [-0.2, 0) is 11.4 Å². The molecule has 0 saturated heterocycles. The second kappa shape index (κ2) is 7.23. The van der Waals surface area contributed by atoms with Gasteiger partial charge in [-0.1, -0.05) is 18.0 Å². The number of aryl methyl sites for hydroxylation is 1. The minimum absolute atomic E-state index is 0.0142. The van der Waals surface area contributed by atoms with E-state index in [1.807, 2.05) is 19.1 Å². The second-order valence-corrected chi connectivity index (χ2v) is 6.84. The Hall–Kier alpha value is -2.41. The van der Waals surface area contributed by atoms with Crippen LogP contribution in [0, 0.1) is 12.8 Å². The standard InChI is InChI=1S/C18H24N4O3/c1-12-20-16(25-22-12)11-24-14-8-6-13(7-9-14)21-17(23)15-5-3-4-10-18(15,2)19/h6-9,15H,3-5,10-11,19H2,1-2H3,(H,21,23). The van der Waals surface area contributed by atoms with Gasteiger partial charge in [-0.05, 0) is 51.0 Å². The number of aromatic nitrogens is 2. The molecule has 1 aliphatic carbocycles. The van der Waals surface area contributed by atoms with Crippen molar-refractivity contribution in [3.8, 4) is 5.75 Å². The molecule has 0 radical (unpaired) electrons. The smallest absolute Gasteiger partial charge is 0.264 e. The molecule has 7 heteroatoms. The molecule has 1 aliphatic rings. The Labute approximate surface area is 146 Å². The van der Waals surface area contributed by atoms with Crippen LogP contribution < -0.4 is 15.8 Å². The Balaban J connectivity index is 1.56. The number of nitrogens with two attached hydrogens (primary N) is 1. The average molecular weight is 344 g/mol. The van der Waals surface area contributed by atoms with Crippen LogP contribution in [0.4, 0.5) is 5.69 Å². The number of anilines is 1. The number of nitrogens with one attached hydrogen (secondary N) is 1. The molecule has 1 fully saturated rings. The van der Waals surface area contributed by atoms with Crippen LogP contribution in [0.3, 0.4) is 0 Å². The monoisotopic (exact) mass is 344 g/mol. The molecular weight excluding hydrogens is 320 g/mol. The number of carbonyl (C=O) groups excluding carboxylic acids is 1. The number of nitrogens with zero attached hydrogens (tertiary/aromatic N) is 2. The zero-order valence-corrected chi connectivity index (χ0v) is 14.6. The summed E-state index contributed by atoms with van der Waals surface area (Å²) in [5.41, 5.74) is 6.59. The zero-order chi connectivity index (χ0) is 17.9. The Morgan fingerprint density at radius 1 is 1.40 bits per heavy atom. The third-order valence-corrected chi connectivity index (χ3v) is 4.62. The number of hydrogen-bond donors (Lipinski definition) is 2. The van der Waals surface area contributed by atoms with Crippen molar-refractivity contribution in [3.63, 3.8) is 0 Å². The summed E-state index contributed by atoms with van der Waals surface area (Å²) in [5.74, 6) is 1.49. The van der Waals surface area contributed by atoms with Gasteiger partial charge in [0, 0.05) is 11.2 Å². The molecule has 1 saturated carbocycles. The van der Waals surface area contributed by atoms with E-state index in [0.717, 1.165) is 31.4 Å². The number of ether oxygens (including phenoxy) is 1. The van der Waals surface area contributed by atoms with E-state index in [1.165, 1.54) is 0 Å². The van der Waals surface area contributed by atoms with Gasteiger partial charge in [0.15, 0.2) is 12.4 Å². The van der Waals surface area contributed by atoms with Crippen LogP contribution in [0.15, 0.2) is 28.8 Å². The second-order valence-electron chi connectivity index (χ2n) is 6.84. The first-order valence-electron chi connectivity index (χ1n) is 8.56. The Morgan fingerprint density at radius 2 is 2.16 bits per heavy atom. The van der Waals surface area contributed by atoms with Gasteiger partial charge >= 0.3 is 0 Å². The van der Waals surface area contributed by atoms with E-state index in [-0.39, 0.29) is 18.4 Å². The molecule has 0 bridgehead atoms. The van der Waals surface area contributed by atoms with Crippen molar-refractivity contribution >= 4 is 11.6 Å². The maximum Gasteiger partial charge on any atom is 0.264 e. The van der Waals surface area contributed by atoms with Crippen molar-refractivity contribution in [2.45, 2.75) is 51.7 Å². The molecule has 3 rings (SSSR count). The van der Waals surface area contributed by atoms with Gasteiger partial charge in [0.2, 0.25) is 5.91 Å². The lowest BCUT2D eigenvalue weighted by Crippen LogP contribution is -2.51. The maximum absolute atomic E-state index is 12.5. The topological polar surface area (TPSA) is 103 Å². The van der Waals surface area contributed by atoms with Crippen LogP contribution >= 0.6 is 0 Å². The van der Waals surface area contributed by atoms with Gasteiger partial charge in [-0.15, -0.1) is 0 Å². The van der Waals surface area contributed by atoms with Crippen molar-refractivity contribution in [1.29, 1.82) is 0 Å². The quantitative estimate of drug-likeness (QED) is 0.864. The van der Waals surface area contributed by atoms with Gasteiger partial charge in [0.1, 0.15) is 5.75 Å². The summed E-state index contributed by atoms with van der Waals surface area (Å²) in [6, 6.07) is 7.20. The van der Waals surface area contributed by atoms with E-state index in [2.05, 4.69) is 15.5 Å². The van der Waals surface area contributed by atoms with Crippen LogP contribution in [0.1, 0.15) is 44.3 Å². The molecule has 0 spiro atoms. The molecule has 3 N–H and O–H groups in total. The molecule has 25 heavy (non-hydrogen) atoms. The van der Waals surface area contributed by atoms with Crippen LogP contribution in [0.5, 0.6) is 5.75 Å². The minimum Gasteiger partial charge on any atom is -0.484 e. The fourth-order valence-corrected chi connectivity index (χ4v) is 3.20. The highest BCUT2D eigenvalue weighted by atomic mass is 16.5. The van der Waals surface area contributed by atoms with E-state index < -0.39 is 5.54 Å². The predicted molar refractivity (Wildman–Crippen MR) is 93.0 cm³/mol. The van der Waals surface area contributed by atoms with E-state index in [9.17, 15) is 4.79 Å². The average Bonchev–Trinajstić information content (AvgIpc) is 2.99. The molecule has 2 aromatic rings. The lowest BCUT2D eigenvalue weighted by molar-refractivity contribution is -0.122. The van der Waals surface area contributed by atoms with Gasteiger partial charge in [0.05, 0.1) is 5.92 Å². The molecular formula is C18H24N4O3. The highest BCUT2D eigenvalue weighted by Gasteiger charge is 2.37. The largest absolute Gasteiger partial charge is 0.484 e. The molecule has 1 amide bonds. The number of rotatable bonds is 5. The third kappa shape index (κ3) is 4.36. The lowest BCUT2D eigenvalue weighted by atomic mass is 9.74. The Morgan fingerprint density at radius 3 is 2.80 bits per heavy atom. The van der Waals surface area contributed by atoms with Gasteiger partial charge in [-0.3, -0.25) is 4.79 Å². The summed E-state index contributed by atoms with van der Waals surface area (Å²) in [6.45, 7) is 3.93. The van der Waals surface area contributed by atoms with Gasteiger partial charge < -0.3 is 20.3 Å². The van der Waals surface area contributed by atoms with E-state index in [0.29, 0.717) is 17.5 Å². The van der Waals surface area contributed by atoms with Gasteiger partial charge in [-0.25, -0.2) is 0 Å². The fourth-order valence-electron chi connectivity index (χ4n) is 3.20. The van der Waals surface area contributed by atoms with Gasteiger partial charge in [-0.2, -0.15) is 4.98 Å². The summed E-state index contributed by atoms with van der Waals surface area (Å²) >= 11 is 0. The number of carbonyl (C=O) groups is 1. The summed E-state index contributed by atoms with van der Waals surface area (Å²) in [7, 11) is 0. The first-order chi connectivity index (χ1) is 11.9. The Kier molecular flexibility index (Phi) is 5.03. The summed E-state index contributed by atoms with van der Waals surface area (Å²) in [5, 5.41) is 6.66. The molecule has 1 heterocycles. The SMILES string of the molecule is Cc1noc(COc2ccc(NC(=O)C3CCCCC3(C)N)cc2)n1. The summed E-state index contributed by atoms with van der Waals surface area (Å²) < 4.78 is 10.6. The maximum atomic E-state index is 12.5. The molecule has 0 aliphatic heterocycles. The van der Waals surface area contributed by atoms with Crippen LogP contribution in [0.2, 0.25) is 0 Å². The summed E-state index contributed by atoms with van der Waals surface area (Å²) in [6.07, 6.45) is 3.85. The van der Waals surface area contributed by atoms with Crippen LogP contribution in [-0.4, -0.2) is 21.6 Å². The van der Waals surface area contributed by atoms with E-state index in [4.69, 9.17) is 15.0 Å². The Bertz CT molecular complexity index is 724. The highest BCUT2D eigenvalue weighted by molar-refractivity contribution is 5.93. The zero-order valence-electron chi connectivity index (χ0n) is 14.6. The highest BCUT2D eigenvalue weighted by Crippen LogP contribution is 2.32. The molecule has 2 unspecified atom stereocenters. The van der Waals surface area contributed by atoms with Crippen LogP contribution in [0.25, 0.3) is 0 Å². The van der Waals surface area contributed by atoms with Crippen molar-refractivity contribution in [2.24, 2.45) is 11.7 Å². The number of benzene rings is 1. The molecule has 2 atom stereocenters. The normalized spacial score (nSPS) is 23.2. The first kappa shape index (κ1) is 17.4. The fraction of sp³-hybridized carbons (Fsp3) is 0.500. The van der Waals surface area contributed by atoms with Gasteiger partial charge in [0.25, 0.3) is 5.89 Å². The van der Waals surface area contributed by atoms with E-state index in [1.54, 1.807) is 19.1 Å². The lowest BCUT2D eigenvalue weighted by Gasteiger charge is -2.37. The minimum atomic E-state index is -0.437. The molecule has 1 aromatic heterocycles. The molecule has 1 aromatic carbocycles. The summed E-state index contributed by atoms with van der Waals surface area (Å²) in [4.78, 5) is 16.6. The first-order valence-corrected chi connectivity index (χ1v) is 8.56. The number of hydrogen-bond acceptors (Lipinski definition) is 6.